The van der Waals surface area contributed by atoms with Gasteiger partial charge in [-0.2, -0.15) is 4.98 Å². The Labute approximate surface area is 182 Å². The zero-order chi connectivity index (χ0) is 22.1. The van der Waals surface area contributed by atoms with E-state index in [4.69, 9.17) is 5.73 Å². The summed E-state index contributed by atoms with van der Waals surface area (Å²) in [5.74, 6) is -0.276. The van der Waals surface area contributed by atoms with Gasteiger partial charge in [-0.25, -0.2) is 18.4 Å². The maximum Gasteiger partial charge on any atom is 0.225 e. The molecule has 3 N–H and O–H groups in total. The summed E-state index contributed by atoms with van der Waals surface area (Å²) in [6, 6.07) is 21.9. The number of hydrogen-bond donors (Lipinski definition) is 2. The van der Waals surface area contributed by atoms with E-state index in [1.165, 1.54) is 22.9 Å². The monoisotopic (exact) mass is 428 g/mol. The average Bonchev–Trinajstić information content (AvgIpc) is 3.15. The molecule has 0 amide bonds. The molecule has 0 aliphatic rings. The van der Waals surface area contributed by atoms with Crippen LogP contribution in [-0.2, 0) is 6.54 Å². The Hall–Kier alpha value is -4.33. The second kappa shape index (κ2) is 8.07. The van der Waals surface area contributed by atoms with Crippen LogP contribution in [0.25, 0.3) is 28.0 Å². The molecule has 2 heterocycles. The highest BCUT2D eigenvalue weighted by Gasteiger charge is 2.21. The number of halogens is 2. The SMILES string of the molecule is Nc1c2c(-c3ccccc3F)nc(NCc3ccccc3)nc2nn1-c1ccc(F)cc1. The van der Waals surface area contributed by atoms with Crippen molar-refractivity contribution in [3.63, 3.8) is 0 Å². The van der Waals surface area contributed by atoms with Crippen LogP contribution in [0.2, 0.25) is 0 Å². The van der Waals surface area contributed by atoms with Gasteiger partial charge in [0.25, 0.3) is 0 Å². The van der Waals surface area contributed by atoms with Gasteiger partial charge in [0.15, 0.2) is 5.65 Å². The molecule has 0 bridgehead atoms. The summed E-state index contributed by atoms with van der Waals surface area (Å²) in [7, 11) is 0. The summed E-state index contributed by atoms with van der Waals surface area (Å²) in [5, 5.41) is 8.09. The van der Waals surface area contributed by atoms with E-state index in [1.54, 1.807) is 30.3 Å². The van der Waals surface area contributed by atoms with Crippen molar-refractivity contribution >= 4 is 22.8 Å². The minimum Gasteiger partial charge on any atom is -0.383 e. The molecule has 0 aliphatic carbocycles. The molecule has 0 unspecified atom stereocenters. The van der Waals surface area contributed by atoms with Crippen molar-refractivity contribution in [2.75, 3.05) is 11.1 Å². The zero-order valence-corrected chi connectivity index (χ0v) is 16.8. The van der Waals surface area contributed by atoms with E-state index in [0.29, 0.717) is 34.9 Å². The Morgan fingerprint density at radius 2 is 1.56 bits per heavy atom. The topological polar surface area (TPSA) is 81.7 Å². The molecular weight excluding hydrogens is 410 g/mol. The molecule has 0 saturated heterocycles. The molecule has 8 heteroatoms. The van der Waals surface area contributed by atoms with Gasteiger partial charge in [0.1, 0.15) is 17.5 Å². The molecule has 32 heavy (non-hydrogen) atoms. The first-order chi connectivity index (χ1) is 15.6. The second-order valence-corrected chi connectivity index (χ2v) is 7.19. The standard InChI is InChI=1S/C24H18F2N6/c25-16-10-12-17(13-11-16)32-22(27)20-21(18-8-4-5-9-19(18)26)29-24(30-23(20)31-32)28-14-15-6-2-1-3-7-15/h1-13H,14,27H2,(H,28,30,31). The van der Waals surface area contributed by atoms with Gasteiger partial charge < -0.3 is 11.1 Å². The Bertz CT molecular complexity index is 1400. The summed E-state index contributed by atoms with van der Waals surface area (Å²) in [6.45, 7) is 0.483. The fourth-order valence-electron chi connectivity index (χ4n) is 3.49. The smallest absolute Gasteiger partial charge is 0.225 e. The number of nitrogens with two attached hydrogens (primary N) is 1. The van der Waals surface area contributed by atoms with Crippen LogP contribution in [0, 0.1) is 11.6 Å². The fraction of sp³-hybridized carbons (Fsp3) is 0.0417. The van der Waals surface area contributed by atoms with Gasteiger partial charge in [0.2, 0.25) is 5.95 Å². The number of fused-ring (bicyclic) bond motifs is 1. The van der Waals surface area contributed by atoms with Gasteiger partial charge in [-0.1, -0.05) is 42.5 Å². The van der Waals surface area contributed by atoms with Crippen molar-refractivity contribution in [1.29, 1.82) is 0 Å². The van der Waals surface area contributed by atoms with Gasteiger partial charge in [-0.3, -0.25) is 0 Å². The lowest BCUT2D eigenvalue weighted by molar-refractivity contribution is 0.627. The second-order valence-electron chi connectivity index (χ2n) is 7.19. The number of rotatable bonds is 5. The van der Waals surface area contributed by atoms with Crippen LogP contribution in [0.15, 0.2) is 78.9 Å². The van der Waals surface area contributed by atoms with E-state index in [-0.39, 0.29) is 17.2 Å². The predicted molar refractivity (Wildman–Crippen MR) is 120 cm³/mol. The van der Waals surface area contributed by atoms with Crippen LogP contribution >= 0.6 is 0 Å². The summed E-state index contributed by atoms with van der Waals surface area (Å²) in [6.07, 6.45) is 0. The molecule has 5 aromatic rings. The molecule has 0 aliphatic heterocycles. The van der Waals surface area contributed by atoms with E-state index < -0.39 is 5.82 Å². The van der Waals surface area contributed by atoms with Gasteiger partial charge in [-0.05, 0) is 42.0 Å². The molecule has 0 atom stereocenters. The lowest BCUT2D eigenvalue weighted by atomic mass is 10.1. The van der Waals surface area contributed by atoms with Crippen molar-refractivity contribution in [3.05, 3.63) is 96.1 Å². The Balaban J connectivity index is 1.66. The molecule has 0 fully saturated rings. The van der Waals surface area contributed by atoms with Gasteiger partial charge >= 0.3 is 0 Å². The predicted octanol–water partition coefficient (Wildman–Crippen LogP) is 4.96. The maximum atomic E-state index is 14.7. The minimum absolute atomic E-state index is 0.236. The number of nitrogens with one attached hydrogen (secondary N) is 1. The van der Waals surface area contributed by atoms with Gasteiger partial charge in [0, 0.05) is 12.1 Å². The normalized spacial score (nSPS) is 11.1. The third-order valence-corrected chi connectivity index (χ3v) is 5.06. The molecule has 2 aromatic heterocycles. The quantitative estimate of drug-likeness (QED) is 0.414. The number of benzene rings is 3. The lowest BCUT2D eigenvalue weighted by Gasteiger charge is -2.09. The largest absolute Gasteiger partial charge is 0.383 e. The molecule has 158 valence electrons. The van der Waals surface area contributed by atoms with E-state index in [2.05, 4.69) is 20.4 Å². The van der Waals surface area contributed by atoms with Crippen molar-refractivity contribution in [2.45, 2.75) is 6.54 Å². The van der Waals surface area contributed by atoms with Crippen LogP contribution in [0.1, 0.15) is 5.56 Å². The summed E-state index contributed by atoms with van der Waals surface area (Å²) >= 11 is 0. The zero-order valence-electron chi connectivity index (χ0n) is 16.8. The van der Waals surface area contributed by atoms with E-state index in [0.717, 1.165) is 5.56 Å². The fourth-order valence-corrected chi connectivity index (χ4v) is 3.49. The van der Waals surface area contributed by atoms with E-state index in [9.17, 15) is 8.78 Å². The first kappa shape index (κ1) is 19.6. The van der Waals surface area contributed by atoms with Crippen molar-refractivity contribution in [1.82, 2.24) is 19.7 Å². The lowest BCUT2D eigenvalue weighted by Crippen LogP contribution is -2.05. The summed E-state index contributed by atoms with van der Waals surface area (Å²) in [4.78, 5) is 9.07. The first-order valence-corrected chi connectivity index (χ1v) is 9.95. The van der Waals surface area contributed by atoms with Crippen molar-refractivity contribution in [3.8, 4) is 16.9 Å². The van der Waals surface area contributed by atoms with E-state index >= 15 is 0 Å². The van der Waals surface area contributed by atoms with Crippen molar-refractivity contribution in [2.24, 2.45) is 0 Å². The highest BCUT2D eigenvalue weighted by Crippen LogP contribution is 2.34. The Morgan fingerprint density at radius 1 is 0.844 bits per heavy atom. The molecule has 0 saturated carbocycles. The number of anilines is 2. The highest BCUT2D eigenvalue weighted by atomic mass is 19.1. The summed E-state index contributed by atoms with van der Waals surface area (Å²) in [5.41, 5.74) is 8.91. The average molecular weight is 428 g/mol. The van der Waals surface area contributed by atoms with Crippen LogP contribution in [0.5, 0.6) is 0 Å². The van der Waals surface area contributed by atoms with Crippen LogP contribution < -0.4 is 11.1 Å². The Kier molecular flexibility index (Phi) is 4.95. The summed E-state index contributed by atoms with van der Waals surface area (Å²) < 4.78 is 29.5. The third-order valence-electron chi connectivity index (χ3n) is 5.06. The number of nitrogen functional groups attached to an aromatic ring is 1. The van der Waals surface area contributed by atoms with Gasteiger partial charge in [-0.15, -0.1) is 5.10 Å². The van der Waals surface area contributed by atoms with E-state index in [1.807, 2.05) is 30.3 Å². The maximum absolute atomic E-state index is 14.7. The molecule has 6 nitrogen and oxygen atoms in total. The Morgan fingerprint density at radius 3 is 2.31 bits per heavy atom. The molecule has 0 spiro atoms. The number of nitrogens with zero attached hydrogens (tertiary/aromatic N) is 4. The molecular formula is C24H18F2N6. The highest BCUT2D eigenvalue weighted by molar-refractivity contribution is 5.99. The van der Waals surface area contributed by atoms with Crippen LogP contribution in [-0.4, -0.2) is 19.7 Å². The minimum atomic E-state index is -0.435. The number of aromatic nitrogens is 4. The third kappa shape index (κ3) is 3.62. The van der Waals surface area contributed by atoms with Crippen LogP contribution in [0.3, 0.4) is 0 Å². The number of hydrogen-bond acceptors (Lipinski definition) is 5. The molecule has 3 aromatic carbocycles. The van der Waals surface area contributed by atoms with Gasteiger partial charge in [0.05, 0.1) is 16.8 Å². The van der Waals surface area contributed by atoms with Crippen molar-refractivity contribution < 1.29 is 8.78 Å². The first-order valence-electron chi connectivity index (χ1n) is 9.95. The van der Waals surface area contributed by atoms with Crippen LogP contribution in [0.4, 0.5) is 20.5 Å². The molecule has 5 rings (SSSR count). The molecule has 0 radical (unpaired) electrons.